The van der Waals surface area contributed by atoms with Crippen molar-refractivity contribution in [3.63, 3.8) is 0 Å². The Hall–Kier alpha value is -1.81. The fraction of sp³-hybridized carbons (Fsp3) is 0.474. The van der Waals surface area contributed by atoms with Gasteiger partial charge in [-0.1, -0.05) is 11.6 Å². The van der Waals surface area contributed by atoms with E-state index in [0.717, 1.165) is 47.7 Å². The van der Waals surface area contributed by atoms with Crippen LogP contribution in [0.15, 0.2) is 30.3 Å². The summed E-state index contributed by atoms with van der Waals surface area (Å²) in [5.41, 5.74) is 0.974. The highest BCUT2D eigenvalue weighted by Gasteiger charge is 2.22. The van der Waals surface area contributed by atoms with Gasteiger partial charge in [0.15, 0.2) is 0 Å². The molecule has 1 aromatic carbocycles. The number of carbonyl (C=O) groups is 1. The molecule has 0 aliphatic carbocycles. The average Bonchev–Trinajstić information content (AvgIpc) is 2.59. The number of halogens is 1. The zero-order valence-corrected chi connectivity index (χ0v) is 15.1. The van der Waals surface area contributed by atoms with E-state index in [1.807, 2.05) is 32.3 Å². The molecular weight excluding hydrogens is 322 g/mol. The molecule has 1 atom stereocenters. The molecule has 1 amide bonds. The van der Waals surface area contributed by atoms with Crippen LogP contribution in [0, 0.1) is 5.92 Å². The quantitative estimate of drug-likeness (QED) is 0.841. The van der Waals surface area contributed by atoms with Crippen molar-refractivity contribution in [2.24, 2.45) is 5.92 Å². The molecule has 3 rings (SSSR count). The van der Waals surface area contributed by atoms with Crippen LogP contribution >= 0.6 is 11.6 Å². The van der Waals surface area contributed by atoms with Crippen LogP contribution in [0.25, 0.3) is 10.9 Å². The summed E-state index contributed by atoms with van der Waals surface area (Å²) in [5, 5.41) is 1.80. The molecular formula is C19H24ClN3O. The molecule has 0 saturated carbocycles. The van der Waals surface area contributed by atoms with E-state index in [0.29, 0.717) is 12.3 Å². The number of rotatable bonds is 4. The van der Waals surface area contributed by atoms with Crippen molar-refractivity contribution in [2.75, 3.05) is 32.1 Å². The van der Waals surface area contributed by atoms with Crippen LogP contribution in [-0.2, 0) is 4.79 Å². The summed E-state index contributed by atoms with van der Waals surface area (Å²) in [6.07, 6.45) is 3.94. The Morgan fingerprint density at radius 1 is 1.33 bits per heavy atom. The first-order valence-electron chi connectivity index (χ1n) is 8.54. The number of pyridine rings is 1. The number of benzene rings is 1. The second kappa shape index (κ2) is 7.39. The van der Waals surface area contributed by atoms with Gasteiger partial charge in [0.25, 0.3) is 0 Å². The van der Waals surface area contributed by atoms with Gasteiger partial charge < -0.3 is 9.80 Å². The molecule has 2 aromatic rings. The molecule has 4 nitrogen and oxygen atoms in total. The first kappa shape index (κ1) is 17.0. The average molecular weight is 346 g/mol. The van der Waals surface area contributed by atoms with Crippen molar-refractivity contribution in [3.8, 4) is 0 Å². The third-order valence-corrected chi connectivity index (χ3v) is 4.98. The molecule has 0 spiro atoms. The molecule has 1 aliphatic rings. The van der Waals surface area contributed by atoms with Crippen molar-refractivity contribution < 1.29 is 4.79 Å². The van der Waals surface area contributed by atoms with Crippen LogP contribution in [0.3, 0.4) is 0 Å². The van der Waals surface area contributed by atoms with Gasteiger partial charge in [0, 0.05) is 44.0 Å². The number of carbonyl (C=O) groups excluding carboxylic acids is 1. The molecule has 24 heavy (non-hydrogen) atoms. The smallest absolute Gasteiger partial charge is 0.222 e. The van der Waals surface area contributed by atoms with E-state index in [4.69, 9.17) is 16.6 Å². The number of hydrogen-bond acceptors (Lipinski definition) is 3. The minimum Gasteiger partial charge on any atom is -0.356 e. The summed E-state index contributed by atoms with van der Waals surface area (Å²) in [6, 6.07) is 9.96. The zero-order chi connectivity index (χ0) is 17.1. The molecule has 1 aliphatic heterocycles. The van der Waals surface area contributed by atoms with Crippen LogP contribution in [0.1, 0.15) is 25.7 Å². The van der Waals surface area contributed by atoms with Gasteiger partial charge in [-0.15, -0.1) is 0 Å². The predicted octanol–water partition coefficient (Wildman–Crippen LogP) is 3.97. The number of anilines is 1. The number of piperidine rings is 1. The Balaban J connectivity index is 1.68. The van der Waals surface area contributed by atoms with Crippen LogP contribution in [0.4, 0.5) is 5.82 Å². The maximum Gasteiger partial charge on any atom is 0.222 e. The topological polar surface area (TPSA) is 36.4 Å². The highest BCUT2D eigenvalue weighted by atomic mass is 35.5. The first-order valence-corrected chi connectivity index (χ1v) is 8.92. The lowest BCUT2D eigenvalue weighted by molar-refractivity contribution is -0.129. The normalized spacial score (nSPS) is 18.0. The summed E-state index contributed by atoms with van der Waals surface area (Å²) < 4.78 is 0. The Kier molecular flexibility index (Phi) is 5.24. The lowest BCUT2D eigenvalue weighted by atomic mass is 9.93. The number of fused-ring (bicyclic) bond motifs is 1. The van der Waals surface area contributed by atoms with Gasteiger partial charge in [-0.05, 0) is 55.5 Å². The number of nitrogens with zero attached hydrogens (tertiary/aromatic N) is 3. The molecule has 1 unspecified atom stereocenters. The summed E-state index contributed by atoms with van der Waals surface area (Å²) >= 11 is 6.04. The molecule has 0 bridgehead atoms. The lowest BCUT2D eigenvalue weighted by Gasteiger charge is -2.33. The molecule has 128 valence electrons. The van der Waals surface area contributed by atoms with E-state index in [2.05, 4.69) is 17.0 Å². The monoisotopic (exact) mass is 345 g/mol. The van der Waals surface area contributed by atoms with Crippen molar-refractivity contribution in [1.82, 2.24) is 9.88 Å². The Labute approximate surface area is 148 Å². The van der Waals surface area contributed by atoms with Gasteiger partial charge >= 0.3 is 0 Å². The fourth-order valence-electron chi connectivity index (χ4n) is 3.32. The van der Waals surface area contributed by atoms with Gasteiger partial charge in [0.2, 0.25) is 5.91 Å². The van der Waals surface area contributed by atoms with E-state index in [-0.39, 0.29) is 5.91 Å². The molecule has 5 heteroatoms. The Bertz CT molecular complexity index is 732. The highest BCUT2D eigenvalue weighted by Crippen LogP contribution is 2.27. The van der Waals surface area contributed by atoms with Gasteiger partial charge in [0.05, 0.1) is 5.52 Å². The standard InChI is InChI=1S/C19H24ClN3O/c1-22(2)19(24)10-5-14-4-3-11-23(13-14)18-9-6-15-12-16(20)7-8-17(15)21-18/h6-9,12,14H,3-5,10-11,13H2,1-2H3. The van der Waals surface area contributed by atoms with E-state index in [9.17, 15) is 4.79 Å². The predicted molar refractivity (Wildman–Crippen MR) is 99.6 cm³/mol. The van der Waals surface area contributed by atoms with Crippen molar-refractivity contribution in [3.05, 3.63) is 35.4 Å². The number of hydrogen-bond donors (Lipinski definition) is 0. The molecule has 1 fully saturated rings. The van der Waals surface area contributed by atoms with E-state index in [1.165, 1.54) is 6.42 Å². The summed E-state index contributed by atoms with van der Waals surface area (Å²) in [7, 11) is 3.64. The second-order valence-corrected chi connectivity index (χ2v) is 7.22. The highest BCUT2D eigenvalue weighted by molar-refractivity contribution is 6.31. The minimum absolute atomic E-state index is 0.216. The summed E-state index contributed by atoms with van der Waals surface area (Å²) in [5.74, 6) is 1.80. The third kappa shape index (κ3) is 3.99. The maximum absolute atomic E-state index is 11.8. The van der Waals surface area contributed by atoms with Crippen LogP contribution in [-0.4, -0.2) is 43.0 Å². The van der Waals surface area contributed by atoms with Crippen molar-refractivity contribution >= 4 is 34.2 Å². The van der Waals surface area contributed by atoms with Crippen molar-refractivity contribution in [2.45, 2.75) is 25.7 Å². The Morgan fingerprint density at radius 2 is 2.17 bits per heavy atom. The second-order valence-electron chi connectivity index (χ2n) is 6.79. The minimum atomic E-state index is 0.216. The van der Waals surface area contributed by atoms with E-state index < -0.39 is 0 Å². The van der Waals surface area contributed by atoms with E-state index in [1.54, 1.807) is 4.90 Å². The van der Waals surface area contributed by atoms with Gasteiger partial charge in [-0.3, -0.25) is 4.79 Å². The molecule has 0 N–H and O–H groups in total. The van der Waals surface area contributed by atoms with Gasteiger partial charge in [-0.25, -0.2) is 4.98 Å². The molecule has 1 aromatic heterocycles. The van der Waals surface area contributed by atoms with Crippen molar-refractivity contribution in [1.29, 1.82) is 0 Å². The number of amides is 1. The SMILES string of the molecule is CN(C)C(=O)CCC1CCCN(c2ccc3cc(Cl)ccc3n2)C1. The van der Waals surface area contributed by atoms with Crippen LogP contribution in [0.5, 0.6) is 0 Å². The zero-order valence-electron chi connectivity index (χ0n) is 14.3. The lowest BCUT2D eigenvalue weighted by Crippen LogP contribution is -2.36. The van der Waals surface area contributed by atoms with Crippen LogP contribution in [0.2, 0.25) is 5.02 Å². The van der Waals surface area contributed by atoms with Gasteiger partial charge in [-0.2, -0.15) is 0 Å². The largest absolute Gasteiger partial charge is 0.356 e. The number of aromatic nitrogens is 1. The molecule has 1 saturated heterocycles. The van der Waals surface area contributed by atoms with Gasteiger partial charge in [0.1, 0.15) is 5.82 Å². The summed E-state index contributed by atoms with van der Waals surface area (Å²) in [6.45, 7) is 2.01. The Morgan fingerprint density at radius 3 is 2.96 bits per heavy atom. The molecule has 0 radical (unpaired) electrons. The molecule has 2 heterocycles. The first-order chi connectivity index (χ1) is 11.5. The van der Waals surface area contributed by atoms with E-state index >= 15 is 0 Å². The van der Waals surface area contributed by atoms with Crippen LogP contribution < -0.4 is 4.90 Å². The summed E-state index contributed by atoms with van der Waals surface area (Å²) in [4.78, 5) is 20.6. The maximum atomic E-state index is 11.8. The third-order valence-electron chi connectivity index (χ3n) is 4.74. The fourth-order valence-corrected chi connectivity index (χ4v) is 3.50.